The van der Waals surface area contributed by atoms with Gasteiger partial charge in [0.25, 0.3) is 0 Å². The van der Waals surface area contributed by atoms with Gasteiger partial charge < -0.3 is 48.8 Å². The smallest absolute Gasteiger partial charge is 0.175 e. The Hall–Kier alpha value is -5.39. The lowest BCUT2D eigenvalue weighted by Gasteiger charge is -2.38. The van der Waals surface area contributed by atoms with Gasteiger partial charge in [-0.3, -0.25) is 4.79 Å². The normalized spacial score (nSPS) is 24.4. The number of carbonyl (C=O) groups is 1. The van der Waals surface area contributed by atoms with Crippen molar-refractivity contribution >= 4 is 5.78 Å². The number of phenols is 4. The third-order valence-electron chi connectivity index (χ3n) is 10.2. The van der Waals surface area contributed by atoms with Crippen molar-refractivity contribution in [3.05, 3.63) is 106 Å². The van der Waals surface area contributed by atoms with Gasteiger partial charge in [0.1, 0.15) is 18.3 Å². The van der Waals surface area contributed by atoms with E-state index in [1.54, 1.807) is 66.7 Å². The Labute approximate surface area is 288 Å². The second-order valence-electron chi connectivity index (χ2n) is 12.8. The summed E-state index contributed by atoms with van der Waals surface area (Å²) < 4.78 is 35.1. The quantitative estimate of drug-likeness (QED) is 0.144. The summed E-state index contributed by atoms with van der Waals surface area (Å²) in [6.07, 6.45) is -1.74. The Morgan fingerprint density at radius 3 is 1.54 bits per heavy atom. The van der Waals surface area contributed by atoms with E-state index in [2.05, 4.69) is 0 Å². The van der Waals surface area contributed by atoms with E-state index >= 15 is 0 Å². The molecule has 1 aliphatic carbocycles. The first-order valence-corrected chi connectivity index (χ1v) is 16.2. The SMILES string of the molecule is COc1ccc([C@@H]2O[C@H](c3ccc(O)c(OC)c3)C(=O)[C@]23CCC2=C(C3)[C@@H](c3ccc(O)c(OC)c3)O[C@H]2c2ccc(O)c(OC)c2)cc1O. The zero-order valence-electron chi connectivity index (χ0n) is 28.0. The summed E-state index contributed by atoms with van der Waals surface area (Å²) in [5.41, 5.74) is 3.44. The molecule has 4 aromatic carbocycles. The number of aromatic hydroxyl groups is 4. The van der Waals surface area contributed by atoms with Gasteiger partial charge in [0, 0.05) is 0 Å². The molecule has 0 amide bonds. The van der Waals surface area contributed by atoms with E-state index < -0.39 is 29.8 Å². The molecule has 2 heterocycles. The van der Waals surface area contributed by atoms with Crippen LogP contribution in [0, 0.1) is 5.41 Å². The lowest BCUT2D eigenvalue weighted by atomic mass is 9.63. The summed E-state index contributed by atoms with van der Waals surface area (Å²) in [7, 11) is 5.86. The molecule has 0 saturated carbocycles. The summed E-state index contributed by atoms with van der Waals surface area (Å²) in [4.78, 5) is 14.9. The molecule has 7 rings (SSSR count). The largest absolute Gasteiger partial charge is 0.504 e. The molecule has 260 valence electrons. The molecule has 3 aliphatic rings. The molecule has 0 aromatic heterocycles. The molecule has 1 fully saturated rings. The van der Waals surface area contributed by atoms with Crippen LogP contribution in [0.2, 0.25) is 0 Å². The van der Waals surface area contributed by atoms with Crippen LogP contribution in [0.5, 0.6) is 46.0 Å². The Kier molecular flexibility index (Phi) is 8.49. The van der Waals surface area contributed by atoms with Crippen LogP contribution in [0.1, 0.15) is 65.9 Å². The van der Waals surface area contributed by atoms with Gasteiger partial charge in [0.15, 0.2) is 51.8 Å². The second kappa shape index (κ2) is 12.8. The average molecular weight is 683 g/mol. The number of hydrogen-bond donors (Lipinski definition) is 4. The van der Waals surface area contributed by atoms with Crippen LogP contribution >= 0.6 is 0 Å². The number of benzene rings is 4. The molecule has 50 heavy (non-hydrogen) atoms. The van der Waals surface area contributed by atoms with Crippen molar-refractivity contribution < 1.29 is 53.6 Å². The van der Waals surface area contributed by atoms with Crippen molar-refractivity contribution in [3.8, 4) is 46.0 Å². The predicted octanol–water partition coefficient (Wildman–Crippen LogP) is 6.90. The topological polar surface area (TPSA) is 153 Å². The fourth-order valence-electron chi connectivity index (χ4n) is 7.70. The number of methoxy groups -OCH3 is 4. The van der Waals surface area contributed by atoms with Crippen molar-refractivity contribution in [2.45, 2.75) is 43.7 Å². The highest BCUT2D eigenvalue weighted by Gasteiger charge is 2.60. The molecule has 0 radical (unpaired) electrons. The van der Waals surface area contributed by atoms with Crippen LogP contribution in [0.4, 0.5) is 0 Å². The van der Waals surface area contributed by atoms with Crippen LogP contribution in [-0.2, 0) is 14.3 Å². The van der Waals surface area contributed by atoms with Gasteiger partial charge in [0.05, 0.1) is 40.0 Å². The fourth-order valence-corrected chi connectivity index (χ4v) is 7.70. The Morgan fingerprint density at radius 2 is 1.04 bits per heavy atom. The minimum atomic E-state index is -1.08. The monoisotopic (exact) mass is 682 g/mol. The molecule has 4 aromatic rings. The molecule has 0 bridgehead atoms. The van der Waals surface area contributed by atoms with E-state index in [9.17, 15) is 25.2 Å². The van der Waals surface area contributed by atoms with Gasteiger partial charge in [-0.2, -0.15) is 0 Å². The van der Waals surface area contributed by atoms with Crippen LogP contribution in [0.25, 0.3) is 0 Å². The summed E-state index contributed by atoms with van der Waals surface area (Å²) >= 11 is 0. The van der Waals surface area contributed by atoms with Gasteiger partial charge in [0.2, 0.25) is 0 Å². The maximum atomic E-state index is 14.9. The van der Waals surface area contributed by atoms with Gasteiger partial charge in [-0.1, -0.05) is 24.3 Å². The van der Waals surface area contributed by atoms with Crippen LogP contribution in [0.15, 0.2) is 83.9 Å². The third-order valence-corrected chi connectivity index (χ3v) is 10.2. The molecule has 1 saturated heterocycles. The van der Waals surface area contributed by atoms with E-state index in [0.717, 1.165) is 22.3 Å². The highest BCUT2D eigenvalue weighted by Crippen LogP contribution is 2.64. The number of rotatable bonds is 8. The van der Waals surface area contributed by atoms with Gasteiger partial charge in [-0.05, 0) is 101 Å². The molecule has 4 N–H and O–H groups in total. The number of hydrogen-bond acceptors (Lipinski definition) is 11. The van der Waals surface area contributed by atoms with E-state index in [0.29, 0.717) is 35.5 Å². The highest BCUT2D eigenvalue weighted by molar-refractivity contribution is 5.93. The van der Waals surface area contributed by atoms with Crippen molar-refractivity contribution in [2.75, 3.05) is 28.4 Å². The van der Waals surface area contributed by atoms with Crippen molar-refractivity contribution in [1.29, 1.82) is 0 Å². The number of ether oxygens (including phenoxy) is 6. The molecular formula is C39H38O11. The van der Waals surface area contributed by atoms with Crippen molar-refractivity contribution in [3.63, 3.8) is 0 Å². The minimum absolute atomic E-state index is 0.00191. The lowest BCUT2D eigenvalue weighted by Crippen LogP contribution is -2.36. The molecule has 0 unspecified atom stereocenters. The van der Waals surface area contributed by atoms with E-state index in [4.69, 9.17) is 28.4 Å². The van der Waals surface area contributed by atoms with Crippen LogP contribution < -0.4 is 18.9 Å². The first-order valence-electron chi connectivity index (χ1n) is 16.2. The van der Waals surface area contributed by atoms with Crippen molar-refractivity contribution in [2.24, 2.45) is 5.41 Å². The highest BCUT2D eigenvalue weighted by atomic mass is 16.5. The Bertz CT molecular complexity index is 2000. The molecule has 1 spiro atoms. The number of carbonyl (C=O) groups excluding carboxylic acids is 1. The lowest BCUT2D eigenvalue weighted by molar-refractivity contribution is -0.128. The zero-order chi connectivity index (χ0) is 35.3. The van der Waals surface area contributed by atoms with E-state index in [-0.39, 0.29) is 46.7 Å². The number of ketones is 1. The molecule has 5 atom stereocenters. The Morgan fingerprint density at radius 1 is 0.560 bits per heavy atom. The van der Waals surface area contributed by atoms with Gasteiger partial charge in [-0.15, -0.1) is 0 Å². The van der Waals surface area contributed by atoms with Crippen LogP contribution in [-0.4, -0.2) is 54.6 Å². The van der Waals surface area contributed by atoms with Gasteiger partial charge in [-0.25, -0.2) is 0 Å². The molecule has 2 aliphatic heterocycles. The second-order valence-corrected chi connectivity index (χ2v) is 12.8. The summed E-state index contributed by atoms with van der Waals surface area (Å²) in [6, 6.07) is 19.9. The molecule has 11 nitrogen and oxygen atoms in total. The average Bonchev–Trinajstić information content (AvgIpc) is 3.63. The summed E-state index contributed by atoms with van der Waals surface area (Å²) in [6.45, 7) is 0. The maximum Gasteiger partial charge on any atom is 0.175 e. The first-order chi connectivity index (χ1) is 24.1. The molecule has 11 heteroatoms. The third kappa shape index (κ3) is 5.33. The number of phenolic OH excluding ortho intramolecular Hbond substituents is 4. The zero-order valence-corrected chi connectivity index (χ0v) is 28.0. The summed E-state index contributed by atoms with van der Waals surface area (Å²) in [5.74, 6) is 0.783. The first kappa shape index (κ1) is 33.1. The maximum absolute atomic E-state index is 14.9. The van der Waals surface area contributed by atoms with E-state index in [1.165, 1.54) is 34.5 Å². The van der Waals surface area contributed by atoms with Gasteiger partial charge >= 0.3 is 0 Å². The fraction of sp³-hybridized carbons (Fsp3) is 0.308. The molecular weight excluding hydrogens is 644 g/mol. The minimum Gasteiger partial charge on any atom is -0.504 e. The van der Waals surface area contributed by atoms with Crippen molar-refractivity contribution in [1.82, 2.24) is 0 Å². The van der Waals surface area contributed by atoms with Crippen LogP contribution in [0.3, 0.4) is 0 Å². The van der Waals surface area contributed by atoms with E-state index in [1.807, 2.05) is 0 Å². The standard InChI is InChI=1S/C39H38O11/c1-45-30-12-8-23(15-29(30)43)38-39(37(44)36(50-38)22-7-11-28(42)33(18-22)48-4)14-13-24-25(19-39)35(21-6-10-27(41)32(17-21)47-3)49-34(24)20-5-9-26(40)31(16-20)46-2/h5-12,15-18,34-36,38,40-43H,13-14,19H2,1-4H3/t34-,35+,36+,38-,39+/m0/s1. The Balaban J connectivity index is 1.37. The summed E-state index contributed by atoms with van der Waals surface area (Å²) in [5, 5.41) is 41.9. The predicted molar refractivity (Wildman–Crippen MR) is 180 cm³/mol. The number of Topliss-reactive ketones (excluding diaryl/α,β-unsaturated/α-hetero) is 1.